The van der Waals surface area contributed by atoms with Crippen LogP contribution >= 0.6 is 0 Å². The second-order valence-electron chi connectivity index (χ2n) is 8.38. The van der Waals surface area contributed by atoms with E-state index in [9.17, 15) is 9.59 Å². The van der Waals surface area contributed by atoms with E-state index in [4.69, 9.17) is 9.47 Å². The number of anilines is 1. The molecule has 0 spiro atoms. The number of methoxy groups -OCH3 is 1. The lowest BCUT2D eigenvalue weighted by Crippen LogP contribution is -2.42. The van der Waals surface area contributed by atoms with E-state index in [2.05, 4.69) is 22.2 Å². The zero-order valence-corrected chi connectivity index (χ0v) is 18.2. The van der Waals surface area contributed by atoms with Gasteiger partial charge in [0.1, 0.15) is 23.7 Å². The SMILES string of the molecule is CCCc1cnc(C2Cc3cc(OC)ccc3N2C(=O)CNC(=O)OC(C)(C)C)[nH]1. The van der Waals surface area contributed by atoms with Crippen molar-refractivity contribution in [3.63, 3.8) is 0 Å². The summed E-state index contributed by atoms with van der Waals surface area (Å²) >= 11 is 0. The summed E-state index contributed by atoms with van der Waals surface area (Å²) in [6, 6.07) is 5.36. The molecule has 0 saturated heterocycles. The van der Waals surface area contributed by atoms with E-state index in [-0.39, 0.29) is 18.5 Å². The number of carbonyl (C=O) groups is 2. The molecule has 1 unspecified atom stereocenters. The first-order valence-corrected chi connectivity index (χ1v) is 10.2. The number of amides is 2. The molecule has 0 fully saturated rings. The van der Waals surface area contributed by atoms with Crippen LogP contribution in [-0.2, 0) is 22.4 Å². The number of imidazole rings is 1. The standard InChI is InChI=1S/C22H30N4O4/c1-6-7-15-12-23-20(25-15)18-11-14-10-16(29-5)8-9-17(14)26(18)19(27)13-24-21(28)30-22(2,3)4/h8-10,12,18H,6-7,11,13H2,1-5H3,(H,23,25)(H,24,28). The van der Waals surface area contributed by atoms with Gasteiger partial charge in [0.05, 0.1) is 13.2 Å². The van der Waals surface area contributed by atoms with Crippen LogP contribution in [0.5, 0.6) is 5.75 Å². The Kier molecular flexibility index (Phi) is 6.34. The Hall–Kier alpha value is -3.03. The maximum absolute atomic E-state index is 13.1. The van der Waals surface area contributed by atoms with Gasteiger partial charge in [-0.15, -0.1) is 0 Å². The molecule has 1 aliphatic heterocycles. The number of alkyl carbamates (subject to hydrolysis) is 1. The van der Waals surface area contributed by atoms with E-state index in [0.29, 0.717) is 6.42 Å². The summed E-state index contributed by atoms with van der Waals surface area (Å²) in [5.41, 5.74) is 2.21. The van der Waals surface area contributed by atoms with Gasteiger partial charge in [-0.25, -0.2) is 9.78 Å². The van der Waals surface area contributed by atoms with E-state index in [0.717, 1.165) is 41.4 Å². The molecular weight excluding hydrogens is 384 g/mol. The Morgan fingerprint density at radius 1 is 1.33 bits per heavy atom. The number of rotatable bonds is 6. The van der Waals surface area contributed by atoms with Gasteiger partial charge >= 0.3 is 6.09 Å². The van der Waals surface area contributed by atoms with Crippen molar-refractivity contribution in [3.05, 3.63) is 41.5 Å². The van der Waals surface area contributed by atoms with Crippen LogP contribution in [0.3, 0.4) is 0 Å². The molecule has 0 saturated carbocycles. The van der Waals surface area contributed by atoms with Crippen molar-refractivity contribution < 1.29 is 19.1 Å². The molecule has 0 bridgehead atoms. The van der Waals surface area contributed by atoms with Crippen LogP contribution < -0.4 is 15.0 Å². The number of aromatic nitrogens is 2. The first-order chi connectivity index (χ1) is 14.2. The molecule has 1 aliphatic rings. The molecule has 2 amide bonds. The van der Waals surface area contributed by atoms with Crippen LogP contribution in [0.4, 0.5) is 10.5 Å². The highest BCUT2D eigenvalue weighted by atomic mass is 16.6. The Morgan fingerprint density at radius 2 is 2.10 bits per heavy atom. The lowest BCUT2D eigenvalue weighted by molar-refractivity contribution is -0.118. The molecule has 2 heterocycles. The van der Waals surface area contributed by atoms with Gasteiger partial charge < -0.3 is 19.8 Å². The smallest absolute Gasteiger partial charge is 0.408 e. The molecule has 162 valence electrons. The lowest BCUT2D eigenvalue weighted by atomic mass is 10.1. The monoisotopic (exact) mass is 414 g/mol. The van der Waals surface area contributed by atoms with Crippen molar-refractivity contribution in [2.75, 3.05) is 18.6 Å². The second-order valence-corrected chi connectivity index (χ2v) is 8.38. The minimum absolute atomic E-state index is 0.167. The van der Waals surface area contributed by atoms with Crippen molar-refractivity contribution in [2.45, 2.75) is 58.6 Å². The third-order valence-corrected chi connectivity index (χ3v) is 4.81. The average molecular weight is 415 g/mol. The number of ether oxygens (including phenoxy) is 2. The minimum Gasteiger partial charge on any atom is -0.497 e. The van der Waals surface area contributed by atoms with E-state index in [1.165, 1.54) is 0 Å². The Morgan fingerprint density at radius 3 is 2.77 bits per heavy atom. The van der Waals surface area contributed by atoms with Gasteiger partial charge in [0.25, 0.3) is 0 Å². The van der Waals surface area contributed by atoms with E-state index < -0.39 is 11.7 Å². The molecule has 30 heavy (non-hydrogen) atoms. The quantitative estimate of drug-likeness (QED) is 0.754. The zero-order valence-electron chi connectivity index (χ0n) is 18.2. The van der Waals surface area contributed by atoms with Gasteiger partial charge in [0, 0.05) is 24.0 Å². The highest BCUT2D eigenvalue weighted by molar-refractivity contribution is 5.98. The van der Waals surface area contributed by atoms with Gasteiger partial charge in [0.15, 0.2) is 0 Å². The number of carbonyl (C=O) groups excluding carboxylic acids is 2. The van der Waals surface area contributed by atoms with Crippen LogP contribution in [-0.4, -0.2) is 41.2 Å². The number of aromatic amines is 1. The van der Waals surface area contributed by atoms with Crippen molar-refractivity contribution in [1.82, 2.24) is 15.3 Å². The first-order valence-electron chi connectivity index (χ1n) is 10.2. The summed E-state index contributed by atoms with van der Waals surface area (Å²) in [5, 5.41) is 2.56. The van der Waals surface area contributed by atoms with Crippen molar-refractivity contribution in [2.24, 2.45) is 0 Å². The largest absolute Gasteiger partial charge is 0.497 e. The fourth-order valence-corrected chi connectivity index (χ4v) is 3.57. The zero-order chi connectivity index (χ0) is 21.9. The summed E-state index contributed by atoms with van der Waals surface area (Å²) in [5.74, 6) is 1.24. The van der Waals surface area contributed by atoms with E-state index in [1.54, 1.807) is 32.8 Å². The third-order valence-electron chi connectivity index (χ3n) is 4.81. The lowest BCUT2D eigenvalue weighted by Gasteiger charge is -2.25. The van der Waals surface area contributed by atoms with Gasteiger partial charge in [0.2, 0.25) is 5.91 Å². The number of hydrogen-bond donors (Lipinski definition) is 2. The van der Waals surface area contributed by atoms with E-state index in [1.807, 2.05) is 24.4 Å². The average Bonchev–Trinajstić information content (AvgIpc) is 3.28. The number of nitrogens with zero attached hydrogens (tertiary/aromatic N) is 2. The highest BCUT2D eigenvalue weighted by Crippen LogP contribution is 2.41. The van der Waals surface area contributed by atoms with Crippen LogP contribution in [0.1, 0.15) is 57.2 Å². The number of benzene rings is 1. The number of H-pyrrole nitrogens is 1. The summed E-state index contributed by atoms with van der Waals surface area (Å²) in [6.45, 7) is 7.27. The van der Waals surface area contributed by atoms with Crippen LogP contribution in [0.25, 0.3) is 0 Å². The van der Waals surface area contributed by atoms with Crippen LogP contribution in [0.2, 0.25) is 0 Å². The summed E-state index contributed by atoms with van der Waals surface area (Å²) in [4.78, 5) is 34.7. The van der Waals surface area contributed by atoms with Gasteiger partial charge in [-0.2, -0.15) is 0 Å². The molecule has 1 aromatic heterocycles. The fourth-order valence-electron chi connectivity index (χ4n) is 3.57. The van der Waals surface area contributed by atoms with Crippen LogP contribution in [0, 0.1) is 0 Å². The summed E-state index contributed by atoms with van der Waals surface area (Å²) in [7, 11) is 1.62. The van der Waals surface area contributed by atoms with Gasteiger partial charge in [-0.1, -0.05) is 13.3 Å². The van der Waals surface area contributed by atoms with Crippen molar-refractivity contribution in [1.29, 1.82) is 0 Å². The van der Waals surface area contributed by atoms with E-state index >= 15 is 0 Å². The molecule has 1 aromatic carbocycles. The molecule has 0 aliphatic carbocycles. The molecule has 1 atom stereocenters. The molecule has 8 heteroatoms. The van der Waals surface area contributed by atoms with Gasteiger partial charge in [-0.05, 0) is 51.0 Å². The third kappa shape index (κ3) is 4.93. The highest BCUT2D eigenvalue weighted by Gasteiger charge is 2.37. The minimum atomic E-state index is -0.629. The van der Waals surface area contributed by atoms with Crippen molar-refractivity contribution >= 4 is 17.7 Å². The molecule has 8 nitrogen and oxygen atoms in total. The Labute approximate surface area is 177 Å². The summed E-state index contributed by atoms with van der Waals surface area (Å²) < 4.78 is 10.6. The Balaban J connectivity index is 1.83. The number of hydrogen-bond acceptors (Lipinski definition) is 5. The van der Waals surface area contributed by atoms with Crippen molar-refractivity contribution in [3.8, 4) is 5.75 Å². The molecule has 2 aromatic rings. The maximum atomic E-state index is 13.1. The summed E-state index contributed by atoms with van der Waals surface area (Å²) in [6.07, 6.45) is 3.72. The Bertz CT molecular complexity index is 916. The maximum Gasteiger partial charge on any atom is 0.408 e. The number of nitrogens with one attached hydrogen (secondary N) is 2. The van der Waals surface area contributed by atoms with Crippen LogP contribution in [0.15, 0.2) is 24.4 Å². The molecule has 3 rings (SSSR count). The first kappa shape index (κ1) is 21.7. The fraction of sp³-hybridized carbons (Fsp3) is 0.500. The molecule has 2 N–H and O–H groups in total. The molecular formula is C22H30N4O4. The van der Waals surface area contributed by atoms with Gasteiger partial charge in [-0.3, -0.25) is 9.69 Å². The normalized spacial score (nSPS) is 15.6. The predicted molar refractivity (Wildman–Crippen MR) is 114 cm³/mol. The number of aryl methyl sites for hydroxylation is 1. The number of fused-ring (bicyclic) bond motifs is 1. The topological polar surface area (TPSA) is 96.6 Å². The predicted octanol–water partition coefficient (Wildman–Crippen LogP) is 3.53. The molecule has 0 radical (unpaired) electrons. The second kappa shape index (κ2) is 8.77.